The second-order valence-electron chi connectivity index (χ2n) is 9.44. The number of carbonyl (C=O) groups is 1. The van der Waals surface area contributed by atoms with Gasteiger partial charge in [0.05, 0.1) is 24.7 Å². The molecule has 2 fully saturated rings. The molecule has 1 saturated carbocycles. The molecular weight excluding hydrogens is 380 g/mol. The van der Waals surface area contributed by atoms with Gasteiger partial charge in [-0.1, -0.05) is 31.4 Å². The summed E-state index contributed by atoms with van der Waals surface area (Å²) in [5.41, 5.74) is -0.442. The number of hydrogen-bond acceptors (Lipinski definition) is 5. The van der Waals surface area contributed by atoms with E-state index in [2.05, 4.69) is 4.90 Å². The van der Waals surface area contributed by atoms with Gasteiger partial charge in [0, 0.05) is 26.2 Å². The minimum atomic E-state index is -0.823. The highest BCUT2D eigenvalue weighted by Crippen LogP contribution is 2.32. The Labute approximate surface area is 180 Å². The Balaban J connectivity index is 1.50. The van der Waals surface area contributed by atoms with E-state index in [0.29, 0.717) is 32.5 Å². The van der Waals surface area contributed by atoms with Gasteiger partial charge in [0.25, 0.3) is 0 Å². The quantitative estimate of drug-likeness (QED) is 0.712. The summed E-state index contributed by atoms with van der Waals surface area (Å²) in [6.07, 6.45) is 6.89. The summed E-state index contributed by atoms with van der Waals surface area (Å²) in [7, 11) is 3.68. The van der Waals surface area contributed by atoms with E-state index >= 15 is 0 Å². The summed E-state index contributed by atoms with van der Waals surface area (Å²) in [6, 6.07) is 7.99. The first kappa shape index (κ1) is 23.0. The number of nitrogens with zero attached hydrogens (tertiary/aromatic N) is 2. The zero-order valence-electron chi connectivity index (χ0n) is 18.6. The van der Waals surface area contributed by atoms with Crippen molar-refractivity contribution in [2.75, 3.05) is 33.8 Å². The van der Waals surface area contributed by atoms with Crippen LogP contribution in [0.1, 0.15) is 63.4 Å². The van der Waals surface area contributed by atoms with Crippen LogP contribution in [0.15, 0.2) is 24.3 Å². The average molecular weight is 419 g/mol. The van der Waals surface area contributed by atoms with Crippen molar-refractivity contribution in [2.24, 2.45) is 0 Å². The number of hydrogen-bond donors (Lipinski definition) is 2. The third-order valence-corrected chi connectivity index (χ3v) is 6.71. The van der Waals surface area contributed by atoms with Crippen LogP contribution in [0.5, 0.6) is 5.75 Å². The normalized spacial score (nSPS) is 24.5. The number of benzene rings is 1. The van der Waals surface area contributed by atoms with E-state index in [4.69, 9.17) is 4.74 Å². The Morgan fingerprint density at radius 1 is 1.00 bits per heavy atom. The Hall–Kier alpha value is -1.63. The molecule has 6 heteroatoms. The zero-order valence-corrected chi connectivity index (χ0v) is 18.6. The molecule has 3 rings (SSSR count). The van der Waals surface area contributed by atoms with Crippen molar-refractivity contribution < 1.29 is 19.7 Å². The standard InChI is InChI=1S/C24H38N2O4/c1-25(18-20-7-9-21(30-2)10-8-20)19-24(29)13-6-15-26(16-14-24)22(27)17-23(28)11-4-3-5-12-23/h7-10,28-29H,3-6,11-19H2,1-2H3/t24-/m0/s1. The third-order valence-electron chi connectivity index (χ3n) is 6.71. The number of methoxy groups -OCH3 is 1. The van der Waals surface area contributed by atoms with Gasteiger partial charge in [0.1, 0.15) is 5.75 Å². The van der Waals surface area contributed by atoms with Crippen LogP contribution >= 0.6 is 0 Å². The molecule has 1 aromatic carbocycles. The molecular formula is C24H38N2O4. The Morgan fingerprint density at radius 3 is 2.33 bits per heavy atom. The smallest absolute Gasteiger partial charge is 0.225 e. The van der Waals surface area contributed by atoms with Gasteiger partial charge in [0.15, 0.2) is 0 Å². The van der Waals surface area contributed by atoms with Crippen LogP contribution in [-0.4, -0.2) is 70.9 Å². The maximum atomic E-state index is 12.8. The summed E-state index contributed by atoms with van der Waals surface area (Å²) in [6.45, 7) is 2.55. The van der Waals surface area contributed by atoms with E-state index < -0.39 is 11.2 Å². The van der Waals surface area contributed by atoms with E-state index in [0.717, 1.165) is 50.8 Å². The Kier molecular flexibility index (Phi) is 7.77. The molecule has 1 heterocycles. The highest BCUT2D eigenvalue weighted by Gasteiger charge is 2.36. The first-order valence-corrected chi connectivity index (χ1v) is 11.3. The maximum Gasteiger partial charge on any atom is 0.225 e. The number of carbonyl (C=O) groups excluding carboxylic acids is 1. The summed E-state index contributed by atoms with van der Waals surface area (Å²) >= 11 is 0. The molecule has 1 amide bonds. The summed E-state index contributed by atoms with van der Waals surface area (Å²) in [4.78, 5) is 16.8. The van der Waals surface area contributed by atoms with Crippen molar-refractivity contribution in [3.63, 3.8) is 0 Å². The van der Waals surface area contributed by atoms with E-state index in [-0.39, 0.29) is 12.3 Å². The molecule has 0 radical (unpaired) electrons. The van der Waals surface area contributed by atoms with Gasteiger partial charge >= 0.3 is 0 Å². The second-order valence-corrected chi connectivity index (χ2v) is 9.44. The minimum absolute atomic E-state index is 0.0373. The number of likely N-dealkylation sites (tertiary alicyclic amines) is 1. The van der Waals surface area contributed by atoms with Gasteiger partial charge in [-0.25, -0.2) is 0 Å². The minimum Gasteiger partial charge on any atom is -0.497 e. The fourth-order valence-electron chi connectivity index (χ4n) is 4.97. The molecule has 1 saturated heterocycles. The van der Waals surface area contributed by atoms with Gasteiger partial charge in [-0.15, -0.1) is 0 Å². The van der Waals surface area contributed by atoms with Crippen molar-refractivity contribution in [2.45, 2.75) is 75.5 Å². The van der Waals surface area contributed by atoms with Crippen molar-refractivity contribution >= 4 is 5.91 Å². The molecule has 6 nitrogen and oxygen atoms in total. The van der Waals surface area contributed by atoms with E-state index in [9.17, 15) is 15.0 Å². The second kappa shape index (κ2) is 10.1. The largest absolute Gasteiger partial charge is 0.497 e. The monoisotopic (exact) mass is 418 g/mol. The molecule has 0 aromatic heterocycles. The first-order chi connectivity index (χ1) is 14.3. The number of amides is 1. The zero-order chi connectivity index (χ0) is 21.6. The van der Waals surface area contributed by atoms with E-state index in [1.807, 2.05) is 36.2 Å². The van der Waals surface area contributed by atoms with Crippen LogP contribution in [0.2, 0.25) is 0 Å². The lowest BCUT2D eigenvalue weighted by Crippen LogP contribution is -2.43. The average Bonchev–Trinajstić information content (AvgIpc) is 2.90. The van der Waals surface area contributed by atoms with Crippen LogP contribution in [0, 0.1) is 0 Å². The lowest BCUT2D eigenvalue weighted by Gasteiger charge is -2.34. The Bertz CT molecular complexity index is 687. The van der Waals surface area contributed by atoms with Crippen LogP contribution in [0.3, 0.4) is 0 Å². The van der Waals surface area contributed by atoms with Gasteiger partial charge in [0.2, 0.25) is 5.91 Å². The van der Waals surface area contributed by atoms with Crippen molar-refractivity contribution in [3.05, 3.63) is 29.8 Å². The number of aliphatic hydroxyl groups is 2. The molecule has 1 aliphatic carbocycles. The number of ether oxygens (including phenoxy) is 1. The molecule has 0 spiro atoms. The highest BCUT2D eigenvalue weighted by atomic mass is 16.5. The summed E-state index contributed by atoms with van der Waals surface area (Å²) < 4.78 is 5.21. The fourth-order valence-corrected chi connectivity index (χ4v) is 4.97. The van der Waals surface area contributed by atoms with Crippen molar-refractivity contribution in [3.8, 4) is 5.75 Å². The summed E-state index contributed by atoms with van der Waals surface area (Å²) in [5, 5.41) is 21.9. The van der Waals surface area contributed by atoms with Crippen LogP contribution in [0.25, 0.3) is 0 Å². The van der Waals surface area contributed by atoms with E-state index in [1.54, 1.807) is 7.11 Å². The molecule has 1 aromatic rings. The van der Waals surface area contributed by atoms with Gasteiger partial charge in [-0.3, -0.25) is 9.69 Å². The topological polar surface area (TPSA) is 73.2 Å². The lowest BCUT2D eigenvalue weighted by molar-refractivity contribution is -0.138. The molecule has 2 N–H and O–H groups in total. The highest BCUT2D eigenvalue weighted by molar-refractivity contribution is 5.77. The maximum absolute atomic E-state index is 12.8. The lowest BCUT2D eigenvalue weighted by atomic mass is 9.82. The number of likely N-dealkylation sites (N-methyl/N-ethyl adjacent to an activating group) is 1. The molecule has 1 atom stereocenters. The molecule has 0 bridgehead atoms. The van der Waals surface area contributed by atoms with E-state index in [1.165, 1.54) is 5.56 Å². The Morgan fingerprint density at radius 2 is 1.67 bits per heavy atom. The fraction of sp³-hybridized carbons (Fsp3) is 0.708. The van der Waals surface area contributed by atoms with Crippen LogP contribution < -0.4 is 4.74 Å². The van der Waals surface area contributed by atoms with Crippen molar-refractivity contribution in [1.29, 1.82) is 0 Å². The van der Waals surface area contributed by atoms with Gasteiger partial charge < -0.3 is 19.8 Å². The molecule has 2 aliphatic rings. The van der Waals surface area contributed by atoms with Gasteiger partial charge in [-0.2, -0.15) is 0 Å². The molecule has 168 valence electrons. The number of rotatable bonds is 7. The molecule has 1 aliphatic heterocycles. The molecule has 30 heavy (non-hydrogen) atoms. The van der Waals surface area contributed by atoms with Crippen molar-refractivity contribution in [1.82, 2.24) is 9.80 Å². The first-order valence-electron chi connectivity index (χ1n) is 11.3. The predicted molar refractivity (Wildman–Crippen MR) is 117 cm³/mol. The SMILES string of the molecule is COc1ccc(CN(C)C[C@]2(O)CCCN(C(=O)CC3(O)CCCCC3)CC2)cc1. The third kappa shape index (κ3) is 6.43. The predicted octanol–water partition coefficient (Wildman–Crippen LogP) is 2.96. The van der Waals surface area contributed by atoms with Crippen LogP contribution in [0.4, 0.5) is 0 Å². The van der Waals surface area contributed by atoms with Crippen LogP contribution in [-0.2, 0) is 11.3 Å². The summed E-state index contributed by atoms with van der Waals surface area (Å²) in [5.74, 6) is 0.877. The molecule has 0 unspecified atom stereocenters. The van der Waals surface area contributed by atoms with Gasteiger partial charge in [-0.05, 0) is 56.8 Å².